The first-order valence-corrected chi connectivity index (χ1v) is 5.14. The van der Waals surface area contributed by atoms with Gasteiger partial charge in [0.25, 0.3) is 0 Å². The lowest BCUT2D eigenvalue weighted by molar-refractivity contribution is 0.268. The number of nitrogens with two attached hydrogens (primary N) is 1. The van der Waals surface area contributed by atoms with Crippen LogP contribution in [-0.4, -0.2) is 48.7 Å². The Kier molecular flexibility index (Phi) is 4.69. The standard InChI is InChI=1S/C9H20N4O/c1-8(9(10)12-14)7-13-5-2-3-11-4-6-13/h8,11,14H,2-7H2,1H3,(H2,10,12). The van der Waals surface area contributed by atoms with Crippen molar-refractivity contribution in [2.75, 3.05) is 32.7 Å². The molecule has 0 spiro atoms. The predicted molar refractivity (Wildman–Crippen MR) is 56.5 cm³/mol. The van der Waals surface area contributed by atoms with Gasteiger partial charge in [0.05, 0.1) is 0 Å². The third kappa shape index (κ3) is 3.51. The van der Waals surface area contributed by atoms with E-state index in [9.17, 15) is 0 Å². The lowest BCUT2D eigenvalue weighted by Gasteiger charge is -2.22. The van der Waals surface area contributed by atoms with E-state index in [1.807, 2.05) is 6.92 Å². The highest BCUT2D eigenvalue weighted by Gasteiger charge is 2.14. The third-order valence-corrected chi connectivity index (χ3v) is 2.59. The van der Waals surface area contributed by atoms with E-state index >= 15 is 0 Å². The van der Waals surface area contributed by atoms with Gasteiger partial charge in [-0.15, -0.1) is 0 Å². The van der Waals surface area contributed by atoms with Gasteiger partial charge in [0.2, 0.25) is 0 Å². The van der Waals surface area contributed by atoms with E-state index in [0.717, 1.165) is 32.7 Å². The minimum Gasteiger partial charge on any atom is -0.409 e. The summed E-state index contributed by atoms with van der Waals surface area (Å²) >= 11 is 0. The fourth-order valence-electron chi connectivity index (χ4n) is 1.66. The fourth-order valence-corrected chi connectivity index (χ4v) is 1.66. The molecule has 1 atom stereocenters. The first-order valence-electron chi connectivity index (χ1n) is 5.14. The van der Waals surface area contributed by atoms with Crippen molar-refractivity contribution in [3.63, 3.8) is 0 Å². The van der Waals surface area contributed by atoms with Crippen molar-refractivity contribution < 1.29 is 5.21 Å². The maximum absolute atomic E-state index is 8.52. The molecule has 0 aliphatic carbocycles. The second kappa shape index (κ2) is 5.82. The normalized spacial score (nSPS) is 23.1. The van der Waals surface area contributed by atoms with Gasteiger partial charge < -0.3 is 21.2 Å². The molecule has 0 aromatic rings. The molecule has 1 rings (SSSR count). The van der Waals surface area contributed by atoms with Gasteiger partial charge in [0, 0.05) is 25.6 Å². The number of hydrogen-bond acceptors (Lipinski definition) is 4. The number of amidine groups is 1. The average Bonchev–Trinajstić information content (AvgIpc) is 2.45. The Balaban J connectivity index is 2.34. The highest BCUT2D eigenvalue weighted by molar-refractivity contribution is 5.82. The third-order valence-electron chi connectivity index (χ3n) is 2.59. The maximum atomic E-state index is 8.52. The van der Waals surface area contributed by atoms with Crippen molar-refractivity contribution in [1.29, 1.82) is 0 Å². The molecule has 82 valence electrons. The molecular formula is C9H20N4O. The zero-order valence-corrected chi connectivity index (χ0v) is 8.74. The van der Waals surface area contributed by atoms with Crippen molar-refractivity contribution in [2.45, 2.75) is 13.3 Å². The van der Waals surface area contributed by atoms with Crippen LogP contribution in [0.15, 0.2) is 5.16 Å². The highest BCUT2D eigenvalue weighted by atomic mass is 16.4. The zero-order chi connectivity index (χ0) is 10.4. The highest BCUT2D eigenvalue weighted by Crippen LogP contribution is 2.02. The fraction of sp³-hybridized carbons (Fsp3) is 0.889. The van der Waals surface area contributed by atoms with Crippen LogP contribution in [0.25, 0.3) is 0 Å². The van der Waals surface area contributed by atoms with Gasteiger partial charge in [-0.3, -0.25) is 0 Å². The second-order valence-corrected chi connectivity index (χ2v) is 3.83. The Labute approximate surface area is 84.9 Å². The molecule has 1 heterocycles. The van der Waals surface area contributed by atoms with Gasteiger partial charge in [-0.05, 0) is 19.5 Å². The maximum Gasteiger partial charge on any atom is 0.143 e. The van der Waals surface area contributed by atoms with E-state index in [0.29, 0.717) is 5.84 Å². The molecule has 4 N–H and O–H groups in total. The summed E-state index contributed by atoms with van der Waals surface area (Å²) < 4.78 is 0. The van der Waals surface area contributed by atoms with Gasteiger partial charge >= 0.3 is 0 Å². The molecule has 1 aliphatic heterocycles. The van der Waals surface area contributed by atoms with Crippen LogP contribution in [0.2, 0.25) is 0 Å². The molecular weight excluding hydrogens is 180 g/mol. The topological polar surface area (TPSA) is 73.9 Å². The predicted octanol–water partition coefficient (Wildman–Crippen LogP) is -0.336. The smallest absolute Gasteiger partial charge is 0.143 e. The molecule has 0 saturated carbocycles. The zero-order valence-electron chi connectivity index (χ0n) is 8.74. The Morgan fingerprint density at radius 3 is 3.07 bits per heavy atom. The molecule has 1 saturated heterocycles. The van der Waals surface area contributed by atoms with Crippen molar-refractivity contribution in [2.24, 2.45) is 16.8 Å². The summed E-state index contributed by atoms with van der Waals surface area (Å²) in [5.41, 5.74) is 5.53. The van der Waals surface area contributed by atoms with Crippen molar-refractivity contribution in [3.8, 4) is 0 Å². The summed E-state index contributed by atoms with van der Waals surface area (Å²) in [6, 6.07) is 0. The molecule has 0 bridgehead atoms. The number of nitrogens with one attached hydrogen (secondary N) is 1. The Morgan fingerprint density at radius 1 is 1.57 bits per heavy atom. The van der Waals surface area contributed by atoms with Crippen LogP contribution in [0, 0.1) is 5.92 Å². The number of oxime groups is 1. The number of nitrogens with zero attached hydrogens (tertiary/aromatic N) is 2. The molecule has 14 heavy (non-hydrogen) atoms. The van der Waals surface area contributed by atoms with Crippen LogP contribution in [0.4, 0.5) is 0 Å². The van der Waals surface area contributed by atoms with Crippen molar-refractivity contribution in [3.05, 3.63) is 0 Å². The summed E-state index contributed by atoms with van der Waals surface area (Å²) in [5.74, 6) is 0.445. The van der Waals surface area contributed by atoms with E-state index < -0.39 is 0 Å². The summed E-state index contributed by atoms with van der Waals surface area (Å²) in [6.45, 7) is 7.11. The molecule has 5 nitrogen and oxygen atoms in total. The molecule has 0 aromatic carbocycles. The average molecular weight is 200 g/mol. The quantitative estimate of drug-likeness (QED) is 0.252. The molecule has 1 unspecified atom stereocenters. The molecule has 5 heteroatoms. The summed E-state index contributed by atoms with van der Waals surface area (Å²) in [5, 5.41) is 14.9. The van der Waals surface area contributed by atoms with E-state index in [1.54, 1.807) is 0 Å². The summed E-state index contributed by atoms with van der Waals surface area (Å²) in [6.07, 6.45) is 1.17. The molecule has 1 aliphatic rings. The van der Waals surface area contributed by atoms with E-state index in [2.05, 4.69) is 15.4 Å². The first kappa shape index (κ1) is 11.3. The van der Waals surface area contributed by atoms with Crippen LogP contribution < -0.4 is 11.1 Å². The number of hydrogen-bond donors (Lipinski definition) is 3. The van der Waals surface area contributed by atoms with Crippen LogP contribution >= 0.6 is 0 Å². The lowest BCUT2D eigenvalue weighted by Crippen LogP contribution is -2.36. The van der Waals surface area contributed by atoms with E-state index in [4.69, 9.17) is 10.9 Å². The second-order valence-electron chi connectivity index (χ2n) is 3.83. The molecule has 1 fully saturated rings. The first-order chi connectivity index (χ1) is 6.74. The van der Waals surface area contributed by atoms with Crippen LogP contribution in [0.5, 0.6) is 0 Å². The van der Waals surface area contributed by atoms with Gasteiger partial charge in [-0.2, -0.15) is 0 Å². The van der Waals surface area contributed by atoms with Crippen LogP contribution in [0.3, 0.4) is 0 Å². The monoisotopic (exact) mass is 200 g/mol. The molecule has 0 aromatic heterocycles. The van der Waals surface area contributed by atoms with Gasteiger partial charge in [-0.1, -0.05) is 12.1 Å². The van der Waals surface area contributed by atoms with E-state index in [1.165, 1.54) is 6.42 Å². The summed E-state index contributed by atoms with van der Waals surface area (Å²) in [4.78, 5) is 2.35. The van der Waals surface area contributed by atoms with Gasteiger partial charge in [-0.25, -0.2) is 0 Å². The van der Waals surface area contributed by atoms with Crippen molar-refractivity contribution in [1.82, 2.24) is 10.2 Å². The minimum atomic E-state index is 0.123. The Bertz CT molecular complexity index is 187. The lowest BCUT2D eigenvalue weighted by atomic mass is 10.1. The molecule has 0 radical (unpaired) electrons. The minimum absolute atomic E-state index is 0.123. The Morgan fingerprint density at radius 2 is 2.36 bits per heavy atom. The SMILES string of the molecule is CC(CN1CCCNCC1)/C(N)=N/O. The summed E-state index contributed by atoms with van der Waals surface area (Å²) in [7, 11) is 0. The van der Waals surface area contributed by atoms with E-state index in [-0.39, 0.29) is 5.92 Å². The van der Waals surface area contributed by atoms with Gasteiger partial charge in [0.1, 0.15) is 5.84 Å². The van der Waals surface area contributed by atoms with Crippen LogP contribution in [0.1, 0.15) is 13.3 Å². The largest absolute Gasteiger partial charge is 0.409 e. The van der Waals surface area contributed by atoms with Gasteiger partial charge in [0.15, 0.2) is 0 Å². The number of rotatable bonds is 3. The van der Waals surface area contributed by atoms with Crippen molar-refractivity contribution >= 4 is 5.84 Å². The molecule has 0 amide bonds. The Hall–Kier alpha value is -0.810. The van der Waals surface area contributed by atoms with Crippen LogP contribution in [-0.2, 0) is 0 Å².